The van der Waals surface area contributed by atoms with Crippen LogP contribution in [0, 0.1) is 0 Å². The van der Waals surface area contributed by atoms with Gasteiger partial charge < -0.3 is 5.73 Å². The molecule has 1 aromatic heterocycles. The number of benzene rings is 1. The van der Waals surface area contributed by atoms with Crippen LogP contribution in [0.4, 0.5) is 0 Å². The van der Waals surface area contributed by atoms with Gasteiger partial charge in [-0.25, -0.2) is 0 Å². The molecule has 1 atom stereocenters. The number of hydrogen-bond acceptors (Lipinski definition) is 3. The molecule has 1 aliphatic rings. The Bertz CT molecular complexity index is 674. The van der Waals surface area contributed by atoms with Crippen LogP contribution in [0.2, 0.25) is 0 Å². The molecular formula is C16H18BrN3O. The van der Waals surface area contributed by atoms with Crippen molar-refractivity contribution in [1.82, 2.24) is 9.88 Å². The summed E-state index contributed by atoms with van der Waals surface area (Å²) in [4.78, 5) is 18.3. The van der Waals surface area contributed by atoms with E-state index in [4.69, 9.17) is 5.73 Å². The molecule has 2 aromatic rings. The summed E-state index contributed by atoms with van der Waals surface area (Å²) in [5.74, 6) is -0.220. The van der Waals surface area contributed by atoms with Crippen LogP contribution in [-0.2, 0) is 11.3 Å². The molecule has 0 radical (unpaired) electrons. The normalized spacial score (nSPS) is 19.8. The van der Waals surface area contributed by atoms with Gasteiger partial charge in [-0.05, 0) is 43.1 Å². The lowest BCUT2D eigenvalue weighted by Gasteiger charge is -2.33. The number of fused-ring (bicyclic) bond motifs is 1. The lowest BCUT2D eigenvalue weighted by molar-refractivity contribution is -0.124. The third-order valence-corrected chi connectivity index (χ3v) is 4.52. The van der Waals surface area contributed by atoms with Gasteiger partial charge in [0, 0.05) is 22.6 Å². The molecule has 2 N–H and O–H groups in total. The highest BCUT2D eigenvalue weighted by atomic mass is 79.9. The molecule has 1 saturated heterocycles. The number of primary amides is 1. The first-order valence-corrected chi connectivity index (χ1v) is 8.01. The highest BCUT2D eigenvalue weighted by Gasteiger charge is 2.27. The average Bonchev–Trinajstić information content (AvgIpc) is 2.47. The number of carbonyl (C=O) groups is 1. The number of amides is 1. The quantitative estimate of drug-likeness (QED) is 0.928. The van der Waals surface area contributed by atoms with Gasteiger partial charge in [-0.3, -0.25) is 14.7 Å². The Hall–Kier alpha value is -1.46. The van der Waals surface area contributed by atoms with Gasteiger partial charge in [-0.15, -0.1) is 0 Å². The molecule has 0 spiro atoms. The lowest BCUT2D eigenvalue weighted by Crippen LogP contribution is -2.47. The Kier molecular flexibility index (Phi) is 4.22. The Morgan fingerprint density at radius 3 is 3.10 bits per heavy atom. The highest BCUT2D eigenvalue weighted by Crippen LogP contribution is 2.26. The van der Waals surface area contributed by atoms with Crippen LogP contribution in [0.5, 0.6) is 0 Å². The average molecular weight is 348 g/mol. The predicted octanol–water partition coefficient (Wildman–Crippen LogP) is 2.84. The number of nitrogens with zero attached hydrogens (tertiary/aromatic N) is 2. The van der Waals surface area contributed by atoms with Gasteiger partial charge in [0.2, 0.25) is 5.91 Å². The number of likely N-dealkylation sites (tertiary alicyclic amines) is 1. The molecule has 0 bridgehead atoms. The van der Waals surface area contributed by atoms with Gasteiger partial charge in [0.15, 0.2) is 0 Å². The van der Waals surface area contributed by atoms with Crippen molar-refractivity contribution in [2.24, 2.45) is 5.73 Å². The summed E-state index contributed by atoms with van der Waals surface area (Å²) in [6.07, 6.45) is 4.85. The maximum Gasteiger partial charge on any atom is 0.234 e. The number of halogens is 1. The van der Waals surface area contributed by atoms with Crippen molar-refractivity contribution < 1.29 is 4.79 Å². The second kappa shape index (κ2) is 6.12. The highest BCUT2D eigenvalue weighted by molar-refractivity contribution is 9.10. The molecule has 1 aromatic carbocycles. The zero-order valence-corrected chi connectivity index (χ0v) is 13.3. The minimum absolute atomic E-state index is 0.156. The third-order valence-electron chi connectivity index (χ3n) is 4.06. The van der Waals surface area contributed by atoms with E-state index in [1.54, 1.807) is 0 Å². The number of aromatic nitrogens is 1. The van der Waals surface area contributed by atoms with E-state index >= 15 is 0 Å². The molecular weight excluding hydrogens is 330 g/mol. The zero-order chi connectivity index (χ0) is 14.8. The zero-order valence-electron chi connectivity index (χ0n) is 11.8. The molecule has 1 fully saturated rings. The van der Waals surface area contributed by atoms with Crippen LogP contribution >= 0.6 is 15.9 Å². The molecule has 1 unspecified atom stereocenters. The number of rotatable bonds is 3. The van der Waals surface area contributed by atoms with Gasteiger partial charge >= 0.3 is 0 Å². The first-order chi connectivity index (χ1) is 10.1. The van der Waals surface area contributed by atoms with Crippen LogP contribution in [0.1, 0.15) is 24.8 Å². The number of nitrogens with two attached hydrogens (primary N) is 1. The topological polar surface area (TPSA) is 59.2 Å². The fourth-order valence-corrected chi connectivity index (χ4v) is 3.59. The van der Waals surface area contributed by atoms with Crippen molar-refractivity contribution >= 4 is 32.7 Å². The fraction of sp³-hybridized carbons (Fsp3) is 0.375. The van der Waals surface area contributed by atoms with Gasteiger partial charge in [0.25, 0.3) is 0 Å². The van der Waals surface area contributed by atoms with Crippen LogP contribution < -0.4 is 5.73 Å². The Morgan fingerprint density at radius 2 is 2.29 bits per heavy atom. The Balaban J connectivity index is 1.95. The summed E-state index contributed by atoms with van der Waals surface area (Å²) in [6, 6.07) is 7.98. The molecule has 110 valence electrons. The van der Waals surface area contributed by atoms with Crippen molar-refractivity contribution in [2.75, 3.05) is 6.54 Å². The van der Waals surface area contributed by atoms with Crippen molar-refractivity contribution in [3.8, 4) is 0 Å². The van der Waals surface area contributed by atoms with Crippen molar-refractivity contribution in [1.29, 1.82) is 0 Å². The maximum absolute atomic E-state index is 11.6. The van der Waals surface area contributed by atoms with Crippen LogP contribution in [-0.4, -0.2) is 28.4 Å². The summed E-state index contributed by atoms with van der Waals surface area (Å²) in [7, 11) is 0. The van der Waals surface area contributed by atoms with Crippen LogP contribution in [0.3, 0.4) is 0 Å². The molecule has 21 heavy (non-hydrogen) atoms. The van der Waals surface area contributed by atoms with E-state index < -0.39 is 0 Å². The van der Waals surface area contributed by atoms with E-state index in [2.05, 4.69) is 44.0 Å². The summed E-state index contributed by atoms with van der Waals surface area (Å²) in [5, 5.41) is 1.11. The van der Waals surface area contributed by atoms with E-state index in [-0.39, 0.29) is 11.9 Å². The van der Waals surface area contributed by atoms with E-state index in [0.717, 1.165) is 46.7 Å². The molecule has 4 nitrogen and oxygen atoms in total. The van der Waals surface area contributed by atoms with Crippen molar-refractivity contribution in [2.45, 2.75) is 31.8 Å². The van der Waals surface area contributed by atoms with E-state index in [1.807, 2.05) is 12.3 Å². The number of carbonyl (C=O) groups excluding carboxylic acids is 1. The predicted molar refractivity (Wildman–Crippen MR) is 86.7 cm³/mol. The lowest BCUT2D eigenvalue weighted by atomic mass is 10.00. The van der Waals surface area contributed by atoms with E-state index in [9.17, 15) is 4.79 Å². The monoisotopic (exact) mass is 347 g/mol. The van der Waals surface area contributed by atoms with Gasteiger partial charge in [0.1, 0.15) is 0 Å². The number of hydrogen-bond donors (Lipinski definition) is 1. The first kappa shape index (κ1) is 14.5. The van der Waals surface area contributed by atoms with Crippen LogP contribution in [0.25, 0.3) is 10.9 Å². The third kappa shape index (κ3) is 3.09. The molecule has 3 rings (SSSR count). The van der Waals surface area contributed by atoms with Crippen molar-refractivity contribution in [3.05, 3.63) is 40.5 Å². The van der Waals surface area contributed by atoms with Crippen LogP contribution in [0.15, 0.2) is 34.9 Å². The SMILES string of the molecule is NC(=O)C1CCCCN1Cc1cc(Br)cc2cccnc12. The molecule has 1 aliphatic heterocycles. The minimum atomic E-state index is -0.220. The van der Waals surface area contributed by atoms with Crippen molar-refractivity contribution in [3.63, 3.8) is 0 Å². The Morgan fingerprint density at radius 1 is 1.43 bits per heavy atom. The summed E-state index contributed by atoms with van der Waals surface area (Å²) in [6.45, 7) is 1.62. The Labute approximate surface area is 132 Å². The second-order valence-electron chi connectivity index (χ2n) is 5.52. The standard InChI is InChI=1S/C16H18BrN3O/c17-13-8-11-4-3-6-19-15(11)12(9-13)10-20-7-2-1-5-14(20)16(18)21/h3-4,6,8-9,14H,1-2,5,7,10H2,(H2,18,21). The minimum Gasteiger partial charge on any atom is -0.368 e. The first-order valence-electron chi connectivity index (χ1n) is 7.21. The van der Waals surface area contributed by atoms with Gasteiger partial charge in [-0.2, -0.15) is 0 Å². The second-order valence-corrected chi connectivity index (χ2v) is 6.44. The maximum atomic E-state index is 11.6. The largest absolute Gasteiger partial charge is 0.368 e. The van der Waals surface area contributed by atoms with E-state index in [0.29, 0.717) is 6.54 Å². The molecule has 0 aliphatic carbocycles. The molecule has 5 heteroatoms. The summed E-state index contributed by atoms with van der Waals surface area (Å²) < 4.78 is 1.03. The van der Waals surface area contributed by atoms with Gasteiger partial charge in [-0.1, -0.05) is 28.4 Å². The molecule has 1 amide bonds. The smallest absolute Gasteiger partial charge is 0.234 e. The fourth-order valence-electron chi connectivity index (χ4n) is 3.07. The summed E-state index contributed by atoms with van der Waals surface area (Å²) in [5.41, 5.74) is 7.68. The summed E-state index contributed by atoms with van der Waals surface area (Å²) >= 11 is 3.55. The molecule has 0 saturated carbocycles. The number of pyridine rings is 1. The molecule has 2 heterocycles. The van der Waals surface area contributed by atoms with Gasteiger partial charge in [0.05, 0.1) is 11.6 Å². The van der Waals surface area contributed by atoms with E-state index in [1.165, 1.54) is 0 Å². The number of piperidine rings is 1.